The number of hydrogen-bond acceptors (Lipinski definition) is 2. The third-order valence-electron chi connectivity index (χ3n) is 5.08. The van der Waals surface area contributed by atoms with Crippen molar-refractivity contribution in [2.45, 2.75) is 38.6 Å². The van der Waals surface area contributed by atoms with E-state index in [1.54, 1.807) is 0 Å². The fourth-order valence-corrected chi connectivity index (χ4v) is 3.69. The van der Waals surface area contributed by atoms with Crippen LogP contribution < -0.4 is 0 Å². The molecule has 122 valence electrons. The van der Waals surface area contributed by atoms with Crippen LogP contribution >= 0.6 is 0 Å². The lowest BCUT2D eigenvalue weighted by atomic mass is 9.87. The van der Waals surface area contributed by atoms with Crippen molar-refractivity contribution >= 4 is 0 Å². The number of hydrogen-bond donors (Lipinski definition) is 0. The maximum atomic E-state index is 4.40. The van der Waals surface area contributed by atoms with Crippen molar-refractivity contribution in [3.05, 3.63) is 60.8 Å². The van der Waals surface area contributed by atoms with Gasteiger partial charge in [0.2, 0.25) is 0 Å². The predicted molar refractivity (Wildman–Crippen MR) is 97.6 cm³/mol. The molecule has 2 unspecified atom stereocenters. The van der Waals surface area contributed by atoms with E-state index in [1.807, 2.05) is 6.07 Å². The summed E-state index contributed by atoms with van der Waals surface area (Å²) in [5.41, 5.74) is 4.56. The van der Waals surface area contributed by atoms with Crippen LogP contribution in [0.3, 0.4) is 0 Å². The van der Waals surface area contributed by atoms with E-state index >= 15 is 0 Å². The van der Waals surface area contributed by atoms with E-state index in [0.717, 1.165) is 17.2 Å². The van der Waals surface area contributed by atoms with Crippen LogP contribution in [0.1, 0.15) is 38.6 Å². The van der Waals surface area contributed by atoms with Gasteiger partial charge in [-0.3, -0.25) is 0 Å². The monoisotopic (exact) mass is 317 g/mol. The SMILES string of the molecule is CC1CCCC(n2cc(-c3ccc(-c4ccccc4)cc3)nn2)C1. The smallest absolute Gasteiger partial charge is 0.113 e. The molecule has 0 radical (unpaired) electrons. The van der Waals surface area contributed by atoms with Gasteiger partial charge in [0.05, 0.1) is 12.2 Å². The molecule has 2 atom stereocenters. The molecule has 4 rings (SSSR count). The maximum Gasteiger partial charge on any atom is 0.113 e. The minimum absolute atomic E-state index is 0.513. The van der Waals surface area contributed by atoms with Crippen molar-refractivity contribution in [3.63, 3.8) is 0 Å². The molecule has 24 heavy (non-hydrogen) atoms. The highest BCUT2D eigenvalue weighted by Gasteiger charge is 2.21. The summed E-state index contributed by atoms with van der Waals surface area (Å²) in [6.07, 6.45) is 7.20. The summed E-state index contributed by atoms with van der Waals surface area (Å²) in [6.45, 7) is 2.34. The van der Waals surface area contributed by atoms with Crippen molar-refractivity contribution in [3.8, 4) is 22.4 Å². The molecule has 3 heteroatoms. The molecule has 1 aromatic heterocycles. The quantitative estimate of drug-likeness (QED) is 0.650. The maximum absolute atomic E-state index is 4.40. The van der Waals surface area contributed by atoms with Gasteiger partial charge >= 0.3 is 0 Å². The van der Waals surface area contributed by atoms with Crippen LogP contribution in [0.5, 0.6) is 0 Å². The minimum atomic E-state index is 0.513. The van der Waals surface area contributed by atoms with Crippen LogP contribution in [0.4, 0.5) is 0 Å². The van der Waals surface area contributed by atoms with Crippen LogP contribution in [-0.2, 0) is 0 Å². The second kappa shape index (κ2) is 6.60. The Morgan fingerprint density at radius 1 is 0.875 bits per heavy atom. The fourth-order valence-electron chi connectivity index (χ4n) is 3.69. The number of benzene rings is 2. The van der Waals surface area contributed by atoms with Crippen LogP contribution in [0.15, 0.2) is 60.8 Å². The van der Waals surface area contributed by atoms with Crippen LogP contribution in [0, 0.1) is 5.92 Å². The van der Waals surface area contributed by atoms with Gasteiger partial charge in [0, 0.05) is 5.56 Å². The van der Waals surface area contributed by atoms with Gasteiger partial charge in [-0.05, 0) is 29.9 Å². The van der Waals surface area contributed by atoms with Crippen LogP contribution in [0.25, 0.3) is 22.4 Å². The number of nitrogens with zero attached hydrogens (tertiary/aromatic N) is 3. The third kappa shape index (κ3) is 3.12. The molecule has 0 aliphatic heterocycles. The lowest BCUT2D eigenvalue weighted by molar-refractivity contribution is 0.263. The average Bonchev–Trinajstić information content (AvgIpc) is 3.13. The molecule has 3 aromatic rings. The topological polar surface area (TPSA) is 30.7 Å². The predicted octanol–water partition coefficient (Wildman–Crippen LogP) is 5.36. The Hall–Kier alpha value is -2.42. The summed E-state index contributed by atoms with van der Waals surface area (Å²) in [5, 5.41) is 8.80. The van der Waals surface area contributed by atoms with Crippen LogP contribution in [-0.4, -0.2) is 15.0 Å². The Kier molecular flexibility index (Phi) is 4.16. The highest BCUT2D eigenvalue weighted by Crippen LogP contribution is 2.32. The van der Waals surface area contributed by atoms with E-state index in [1.165, 1.54) is 36.8 Å². The first-order valence-electron chi connectivity index (χ1n) is 8.87. The van der Waals surface area contributed by atoms with E-state index in [4.69, 9.17) is 0 Å². The lowest BCUT2D eigenvalue weighted by Crippen LogP contribution is -2.18. The normalized spacial score (nSPS) is 20.9. The minimum Gasteiger partial charge on any atom is -0.249 e. The molecular weight excluding hydrogens is 294 g/mol. The lowest BCUT2D eigenvalue weighted by Gasteiger charge is -2.26. The summed E-state index contributed by atoms with van der Waals surface area (Å²) in [7, 11) is 0. The van der Waals surface area contributed by atoms with E-state index < -0.39 is 0 Å². The summed E-state index contributed by atoms with van der Waals surface area (Å²) in [5.74, 6) is 0.793. The zero-order valence-electron chi connectivity index (χ0n) is 14.1. The van der Waals surface area contributed by atoms with Crippen molar-refractivity contribution in [1.82, 2.24) is 15.0 Å². The van der Waals surface area contributed by atoms with Gasteiger partial charge in [-0.25, -0.2) is 4.68 Å². The van der Waals surface area contributed by atoms with Gasteiger partial charge in [-0.1, -0.05) is 79.6 Å². The van der Waals surface area contributed by atoms with E-state index in [9.17, 15) is 0 Å². The highest BCUT2D eigenvalue weighted by atomic mass is 15.4. The molecule has 0 bridgehead atoms. The summed E-state index contributed by atoms with van der Waals surface area (Å²) in [4.78, 5) is 0. The van der Waals surface area contributed by atoms with Gasteiger partial charge < -0.3 is 0 Å². The Labute approximate surface area is 143 Å². The third-order valence-corrected chi connectivity index (χ3v) is 5.08. The summed E-state index contributed by atoms with van der Waals surface area (Å²) >= 11 is 0. The zero-order chi connectivity index (χ0) is 16.4. The molecule has 1 aliphatic rings. The second-order valence-electron chi connectivity index (χ2n) is 6.95. The zero-order valence-corrected chi connectivity index (χ0v) is 14.1. The Bertz CT molecular complexity index is 789. The molecule has 1 saturated carbocycles. The molecule has 1 aliphatic carbocycles. The Balaban J connectivity index is 1.54. The Morgan fingerprint density at radius 2 is 1.58 bits per heavy atom. The van der Waals surface area contributed by atoms with Gasteiger partial charge in [0.15, 0.2) is 0 Å². The first-order chi connectivity index (χ1) is 11.8. The highest BCUT2D eigenvalue weighted by molar-refractivity contribution is 5.68. The molecule has 0 N–H and O–H groups in total. The van der Waals surface area contributed by atoms with Gasteiger partial charge in [0.1, 0.15) is 5.69 Å². The standard InChI is InChI=1S/C21H23N3/c1-16-6-5-9-20(14-16)24-15-21(22-23-24)19-12-10-18(11-13-19)17-7-3-2-4-8-17/h2-4,7-8,10-13,15-16,20H,5-6,9,14H2,1H3. The van der Waals surface area contributed by atoms with Crippen molar-refractivity contribution in [2.75, 3.05) is 0 Å². The molecule has 2 aromatic carbocycles. The van der Waals surface area contributed by atoms with E-state index in [2.05, 4.69) is 76.6 Å². The molecular formula is C21H23N3. The molecule has 0 amide bonds. The van der Waals surface area contributed by atoms with Crippen molar-refractivity contribution < 1.29 is 0 Å². The second-order valence-corrected chi connectivity index (χ2v) is 6.95. The van der Waals surface area contributed by atoms with Gasteiger partial charge in [-0.15, -0.1) is 5.10 Å². The van der Waals surface area contributed by atoms with Crippen LogP contribution in [0.2, 0.25) is 0 Å². The van der Waals surface area contributed by atoms with Crippen molar-refractivity contribution in [1.29, 1.82) is 0 Å². The van der Waals surface area contributed by atoms with E-state index in [0.29, 0.717) is 6.04 Å². The van der Waals surface area contributed by atoms with Gasteiger partial charge in [-0.2, -0.15) is 0 Å². The van der Waals surface area contributed by atoms with Gasteiger partial charge in [0.25, 0.3) is 0 Å². The fraction of sp³-hybridized carbons (Fsp3) is 0.333. The summed E-state index contributed by atoms with van der Waals surface area (Å²) < 4.78 is 2.08. The van der Waals surface area contributed by atoms with E-state index in [-0.39, 0.29) is 0 Å². The first kappa shape index (κ1) is 15.1. The molecule has 0 saturated heterocycles. The number of aromatic nitrogens is 3. The summed E-state index contributed by atoms with van der Waals surface area (Å²) in [6, 6.07) is 19.6. The number of rotatable bonds is 3. The molecule has 1 fully saturated rings. The molecule has 1 heterocycles. The molecule has 3 nitrogen and oxygen atoms in total. The molecule has 0 spiro atoms. The largest absolute Gasteiger partial charge is 0.249 e. The first-order valence-corrected chi connectivity index (χ1v) is 8.87. The average molecular weight is 317 g/mol. The van der Waals surface area contributed by atoms with Crippen molar-refractivity contribution in [2.24, 2.45) is 5.92 Å². The Morgan fingerprint density at radius 3 is 2.33 bits per heavy atom.